The Kier molecular flexibility index (Phi) is 8.33. The van der Waals surface area contributed by atoms with Crippen molar-refractivity contribution in [1.82, 2.24) is 9.97 Å². The van der Waals surface area contributed by atoms with E-state index in [-0.39, 0.29) is 0 Å². The van der Waals surface area contributed by atoms with Gasteiger partial charge < -0.3 is 26.2 Å². The summed E-state index contributed by atoms with van der Waals surface area (Å²) in [5, 5.41) is 21.4. The van der Waals surface area contributed by atoms with Crippen molar-refractivity contribution in [1.29, 1.82) is 0 Å². The van der Waals surface area contributed by atoms with Crippen LogP contribution in [0.3, 0.4) is 0 Å². The Morgan fingerprint density at radius 3 is 2.43 bits per heavy atom. The van der Waals surface area contributed by atoms with Crippen molar-refractivity contribution in [2.24, 2.45) is 10.7 Å². The van der Waals surface area contributed by atoms with E-state index in [0.717, 1.165) is 27.6 Å². The van der Waals surface area contributed by atoms with Gasteiger partial charge in [0.05, 0.1) is 12.2 Å². The first-order valence-electron chi connectivity index (χ1n) is 8.70. The molecule has 0 spiro atoms. The van der Waals surface area contributed by atoms with Gasteiger partial charge in [-0.3, -0.25) is 0 Å². The summed E-state index contributed by atoms with van der Waals surface area (Å²) in [5.74, 6) is -2.14. The van der Waals surface area contributed by atoms with Crippen LogP contribution in [-0.4, -0.2) is 38.1 Å². The van der Waals surface area contributed by atoms with Gasteiger partial charge in [-0.05, 0) is 18.6 Å². The van der Waals surface area contributed by atoms with Crippen LogP contribution in [0.25, 0.3) is 11.3 Å². The Hall–Kier alpha value is -3.92. The number of H-pyrrole nitrogens is 1. The van der Waals surface area contributed by atoms with Gasteiger partial charge in [0, 0.05) is 35.0 Å². The number of aliphatic carboxylic acids is 2. The molecule has 0 radical (unpaired) electrons. The van der Waals surface area contributed by atoms with Gasteiger partial charge in [0.15, 0.2) is 11.1 Å². The second-order valence-electron chi connectivity index (χ2n) is 5.88. The van der Waals surface area contributed by atoms with Crippen molar-refractivity contribution in [2.45, 2.75) is 13.5 Å². The minimum Gasteiger partial charge on any atom is -0.478 e. The smallest absolute Gasteiger partial charge is 0.328 e. The molecule has 3 aromatic rings. The number of nitrogens with two attached hydrogens (primary N) is 1. The predicted octanol–water partition coefficient (Wildman–Crippen LogP) is 3.09. The fourth-order valence-corrected chi connectivity index (χ4v) is 2.95. The summed E-state index contributed by atoms with van der Waals surface area (Å²) >= 11 is 1.51. The predicted molar refractivity (Wildman–Crippen MR) is 116 cm³/mol. The molecule has 0 saturated heterocycles. The van der Waals surface area contributed by atoms with E-state index in [2.05, 4.69) is 20.3 Å². The summed E-state index contributed by atoms with van der Waals surface area (Å²) in [7, 11) is 0. The quantitative estimate of drug-likeness (QED) is 0.230. The minimum absolute atomic E-state index is 0.371. The number of benzene rings is 1. The van der Waals surface area contributed by atoms with E-state index in [1.807, 2.05) is 54.9 Å². The normalized spacial score (nSPS) is 11.0. The molecule has 6 N–H and O–H groups in total. The summed E-state index contributed by atoms with van der Waals surface area (Å²) in [5.41, 5.74) is 10.2. The van der Waals surface area contributed by atoms with Crippen molar-refractivity contribution < 1.29 is 19.8 Å². The average molecular weight is 427 g/mol. The number of nitrogens with one attached hydrogen (secondary N) is 2. The zero-order valence-corrected chi connectivity index (χ0v) is 16.9. The highest BCUT2D eigenvalue weighted by Crippen LogP contribution is 2.26. The number of hydrogen-bond acceptors (Lipinski definition) is 5. The molecule has 2 heterocycles. The molecule has 0 aliphatic rings. The molecular weight excluding hydrogens is 406 g/mol. The number of aliphatic imine (C=N–C) groups is 1. The van der Waals surface area contributed by atoms with Crippen LogP contribution < -0.4 is 11.1 Å². The molecule has 0 saturated carbocycles. The van der Waals surface area contributed by atoms with E-state index in [1.54, 1.807) is 0 Å². The van der Waals surface area contributed by atoms with Crippen LogP contribution in [0.15, 0.2) is 65.1 Å². The summed E-state index contributed by atoms with van der Waals surface area (Å²) in [6, 6.07) is 12.0. The van der Waals surface area contributed by atoms with Crippen LogP contribution in [-0.2, 0) is 16.1 Å². The third-order valence-electron chi connectivity index (χ3n) is 3.61. The molecule has 0 aliphatic carbocycles. The molecule has 156 valence electrons. The third-order valence-corrected chi connectivity index (χ3v) is 4.37. The van der Waals surface area contributed by atoms with Crippen molar-refractivity contribution >= 4 is 34.4 Å². The number of hydrogen-bond donors (Lipinski definition) is 5. The van der Waals surface area contributed by atoms with E-state index in [4.69, 9.17) is 15.9 Å². The van der Waals surface area contributed by atoms with Crippen molar-refractivity contribution in [2.75, 3.05) is 5.32 Å². The number of nitrogens with zero attached hydrogens (tertiary/aromatic N) is 2. The Morgan fingerprint density at radius 1 is 1.20 bits per heavy atom. The highest BCUT2D eigenvalue weighted by atomic mass is 32.1. The lowest BCUT2D eigenvalue weighted by Crippen LogP contribution is -2.22. The second kappa shape index (κ2) is 11.2. The SMILES string of the molecule is Cc1[nH]ccc1-c1csc(NC(N)=NCc2ccccc2)n1.O=C(O)/C=C\C(=O)O. The van der Waals surface area contributed by atoms with Crippen LogP contribution in [0, 0.1) is 6.92 Å². The first-order valence-corrected chi connectivity index (χ1v) is 9.57. The minimum atomic E-state index is -1.26. The van der Waals surface area contributed by atoms with Crippen LogP contribution >= 0.6 is 11.3 Å². The van der Waals surface area contributed by atoms with Crippen molar-refractivity contribution in [3.63, 3.8) is 0 Å². The van der Waals surface area contributed by atoms with Crippen LogP contribution in [0.4, 0.5) is 5.13 Å². The fraction of sp³-hybridized carbons (Fsp3) is 0.100. The molecule has 2 aromatic heterocycles. The summed E-state index contributed by atoms with van der Waals surface area (Å²) in [4.78, 5) is 31.1. The first kappa shape index (κ1) is 22.4. The number of guanidine groups is 1. The third kappa shape index (κ3) is 7.60. The van der Waals surface area contributed by atoms with Gasteiger partial charge >= 0.3 is 11.9 Å². The zero-order valence-electron chi connectivity index (χ0n) is 16.1. The Balaban J connectivity index is 0.000000343. The maximum atomic E-state index is 9.55. The Bertz CT molecular complexity index is 1020. The lowest BCUT2D eigenvalue weighted by atomic mass is 10.2. The van der Waals surface area contributed by atoms with Gasteiger partial charge in [-0.25, -0.2) is 19.6 Å². The fourth-order valence-electron chi connectivity index (χ4n) is 2.24. The molecule has 0 atom stereocenters. The summed E-state index contributed by atoms with van der Waals surface area (Å²) < 4.78 is 0. The highest BCUT2D eigenvalue weighted by Gasteiger charge is 2.08. The maximum absolute atomic E-state index is 9.55. The largest absolute Gasteiger partial charge is 0.478 e. The van der Waals surface area contributed by atoms with E-state index in [0.29, 0.717) is 24.7 Å². The number of thiazole rings is 1. The Morgan fingerprint density at radius 2 is 1.87 bits per heavy atom. The van der Waals surface area contributed by atoms with E-state index in [9.17, 15) is 9.59 Å². The molecule has 0 fully saturated rings. The molecular formula is C20H21N5O4S. The summed E-state index contributed by atoms with van der Waals surface area (Å²) in [6.07, 6.45) is 3.03. The standard InChI is InChI=1S/C16H17N5S.C4H4O4/c1-11-13(7-8-18-11)14-10-22-16(20-14)21-15(17)19-9-12-5-3-2-4-6-12;5-3(6)1-2-4(7)8/h2-8,10,18H,9H2,1H3,(H3,17,19,20,21);1-2H,(H,5,6)(H,7,8)/b;2-1-. The van der Waals surface area contributed by atoms with E-state index in [1.165, 1.54) is 11.3 Å². The molecule has 9 nitrogen and oxygen atoms in total. The number of aromatic amines is 1. The molecule has 1 aromatic carbocycles. The van der Waals surface area contributed by atoms with Crippen molar-refractivity contribution in [3.8, 4) is 11.3 Å². The molecule has 0 aliphatic heterocycles. The van der Waals surface area contributed by atoms with E-state index < -0.39 is 11.9 Å². The van der Waals surface area contributed by atoms with Gasteiger partial charge in [-0.15, -0.1) is 11.3 Å². The number of anilines is 1. The number of aromatic nitrogens is 2. The monoisotopic (exact) mass is 427 g/mol. The average Bonchev–Trinajstić information content (AvgIpc) is 3.34. The maximum Gasteiger partial charge on any atom is 0.328 e. The topological polar surface area (TPSA) is 154 Å². The van der Waals surface area contributed by atoms with Crippen LogP contribution in [0.1, 0.15) is 11.3 Å². The second-order valence-corrected chi connectivity index (χ2v) is 6.73. The highest BCUT2D eigenvalue weighted by molar-refractivity contribution is 7.14. The van der Waals surface area contributed by atoms with Crippen molar-refractivity contribution in [3.05, 3.63) is 71.4 Å². The molecule has 30 heavy (non-hydrogen) atoms. The molecule has 10 heteroatoms. The van der Waals surface area contributed by atoms with Gasteiger partial charge in [0.1, 0.15) is 0 Å². The zero-order chi connectivity index (χ0) is 21.9. The molecule has 0 bridgehead atoms. The van der Waals surface area contributed by atoms with E-state index >= 15 is 0 Å². The Labute approximate surface area is 176 Å². The molecule has 0 amide bonds. The number of carboxylic acid groups (broad SMARTS) is 2. The van der Waals surface area contributed by atoms with Crippen LogP contribution in [0.5, 0.6) is 0 Å². The molecule has 3 rings (SSSR count). The van der Waals surface area contributed by atoms with Gasteiger partial charge in [0.25, 0.3) is 0 Å². The first-order chi connectivity index (χ1) is 14.3. The summed E-state index contributed by atoms with van der Waals surface area (Å²) in [6.45, 7) is 2.58. The number of carboxylic acids is 2. The van der Waals surface area contributed by atoms with Gasteiger partial charge in [0.2, 0.25) is 0 Å². The number of carbonyl (C=O) groups is 2. The number of aryl methyl sites for hydroxylation is 1. The van der Waals surface area contributed by atoms with Gasteiger partial charge in [-0.2, -0.15) is 0 Å². The van der Waals surface area contributed by atoms with Crippen LogP contribution in [0.2, 0.25) is 0 Å². The number of rotatable bonds is 6. The lowest BCUT2D eigenvalue weighted by Gasteiger charge is -2.02. The van der Waals surface area contributed by atoms with Gasteiger partial charge in [-0.1, -0.05) is 30.3 Å². The molecule has 0 unspecified atom stereocenters. The lowest BCUT2D eigenvalue weighted by molar-refractivity contribution is -0.134.